The van der Waals surface area contributed by atoms with Crippen molar-refractivity contribution in [2.75, 3.05) is 6.54 Å². The lowest BCUT2D eigenvalue weighted by atomic mass is 10.0. The predicted octanol–water partition coefficient (Wildman–Crippen LogP) is 3.72. The monoisotopic (exact) mass is 243 g/mol. The maximum atomic E-state index is 5.88. The Morgan fingerprint density at radius 2 is 2.27 bits per heavy atom. The molecule has 0 saturated heterocycles. The summed E-state index contributed by atoms with van der Waals surface area (Å²) in [5.41, 5.74) is 0.576. The van der Waals surface area contributed by atoms with E-state index in [0.717, 1.165) is 17.3 Å². The summed E-state index contributed by atoms with van der Waals surface area (Å²) in [6, 6.07) is 4.75. The molecule has 1 aromatic rings. The van der Waals surface area contributed by atoms with Crippen molar-refractivity contribution in [2.24, 2.45) is 5.41 Å². The summed E-state index contributed by atoms with van der Waals surface area (Å²) in [7, 11) is 0. The quantitative estimate of drug-likeness (QED) is 0.831. The highest BCUT2D eigenvalue weighted by molar-refractivity contribution is 7.16. The Bertz CT molecular complexity index is 330. The summed E-state index contributed by atoms with van der Waals surface area (Å²) in [5.74, 6) is 0. The first-order valence-corrected chi connectivity index (χ1v) is 6.77. The molecule has 84 valence electrons. The number of hydrogen-bond donors (Lipinski definition) is 1. The van der Waals surface area contributed by atoms with Gasteiger partial charge in [0.05, 0.1) is 4.34 Å². The second-order valence-electron chi connectivity index (χ2n) is 4.79. The van der Waals surface area contributed by atoms with Crippen LogP contribution in [-0.2, 0) is 6.42 Å². The molecular weight excluding hydrogens is 226 g/mol. The van der Waals surface area contributed by atoms with E-state index in [4.69, 9.17) is 11.6 Å². The highest BCUT2D eigenvalue weighted by Gasteiger charge is 2.41. The van der Waals surface area contributed by atoms with E-state index >= 15 is 0 Å². The number of nitrogens with one attached hydrogen (secondary N) is 1. The zero-order valence-corrected chi connectivity index (χ0v) is 10.9. The van der Waals surface area contributed by atoms with Gasteiger partial charge in [-0.3, -0.25) is 0 Å². The van der Waals surface area contributed by atoms with Crippen LogP contribution in [0, 0.1) is 5.41 Å². The summed E-state index contributed by atoms with van der Waals surface area (Å²) in [6.07, 6.45) is 3.86. The van der Waals surface area contributed by atoms with Gasteiger partial charge < -0.3 is 5.32 Å². The van der Waals surface area contributed by atoms with Crippen LogP contribution in [0.15, 0.2) is 12.1 Å². The lowest BCUT2D eigenvalue weighted by Crippen LogP contribution is -2.34. The van der Waals surface area contributed by atoms with Crippen molar-refractivity contribution < 1.29 is 0 Å². The molecule has 0 radical (unpaired) electrons. The van der Waals surface area contributed by atoms with Crippen molar-refractivity contribution in [1.29, 1.82) is 0 Å². The van der Waals surface area contributed by atoms with E-state index in [2.05, 4.69) is 25.2 Å². The Labute approximate surface area is 101 Å². The highest BCUT2D eigenvalue weighted by atomic mass is 35.5. The molecule has 1 aromatic heterocycles. The van der Waals surface area contributed by atoms with Crippen LogP contribution >= 0.6 is 22.9 Å². The molecule has 0 aliphatic heterocycles. The van der Waals surface area contributed by atoms with Crippen LogP contribution in [-0.4, -0.2) is 12.6 Å². The van der Waals surface area contributed by atoms with Crippen molar-refractivity contribution in [3.63, 3.8) is 0 Å². The first-order chi connectivity index (χ1) is 7.10. The Hall–Kier alpha value is -0.0500. The topological polar surface area (TPSA) is 12.0 Å². The highest BCUT2D eigenvalue weighted by Crippen LogP contribution is 2.47. The van der Waals surface area contributed by atoms with Crippen LogP contribution < -0.4 is 5.32 Å². The molecule has 1 aliphatic rings. The van der Waals surface area contributed by atoms with Gasteiger partial charge in [0.15, 0.2) is 0 Å². The molecule has 1 fully saturated rings. The van der Waals surface area contributed by atoms with Crippen LogP contribution in [0.2, 0.25) is 4.34 Å². The largest absolute Gasteiger partial charge is 0.313 e. The fraction of sp³-hybridized carbons (Fsp3) is 0.667. The zero-order valence-electron chi connectivity index (χ0n) is 9.35. The Morgan fingerprint density at radius 3 is 2.80 bits per heavy atom. The normalized spacial score (nSPS) is 20.2. The fourth-order valence-electron chi connectivity index (χ4n) is 1.77. The standard InChI is InChI=1S/C12H18ClNS/c1-9(12(2)6-7-12)14-8-5-10-3-4-11(13)15-10/h3-4,9,14H,5-8H2,1-2H3. The molecule has 0 amide bonds. The molecule has 1 aliphatic carbocycles. The van der Waals surface area contributed by atoms with Crippen LogP contribution in [0.4, 0.5) is 0 Å². The maximum absolute atomic E-state index is 5.88. The van der Waals surface area contributed by atoms with E-state index in [1.165, 1.54) is 17.7 Å². The Kier molecular flexibility index (Phi) is 3.39. The van der Waals surface area contributed by atoms with Crippen LogP contribution in [0.5, 0.6) is 0 Å². The molecule has 3 heteroatoms. The number of rotatable bonds is 5. The van der Waals surface area contributed by atoms with E-state index < -0.39 is 0 Å². The first-order valence-electron chi connectivity index (χ1n) is 5.58. The minimum absolute atomic E-state index is 0.576. The van der Waals surface area contributed by atoms with Gasteiger partial charge in [0.1, 0.15) is 0 Å². The van der Waals surface area contributed by atoms with E-state index in [-0.39, 0.29) is 0 Å². The van der Waals surface area contributed by atoms with Crippen molar-refractivity contribution in [1.82, 2.24) is 5.32 Å². The molecule has 15 heavy (non-hydrogen) atoms. The summed E-state index contributed by atoms with van der Waals surface area (Å²) in [5, 5.41) is 3.61. The molecule has 0 bridgehead atoms. The summed E-state index contributed by atoms with van der Waals surface area (Å²) in [6.45, 7) is 5.73. The molecular formula is C12H18ClNS. The molecule has 1 nitrogen and oxygen atoms in total. The summed E-state index contributed by atoms with van der Waals surface area (Å²) < 4.78 is 0.896. The van der Waals surface area contributed by atoms with Crippen molar-refractivity contribution in [3.8, 4) is 0 Å². The Balaban J connectivity index is 1.71. The van der Waals surface area contributed by atoms with Gasteiger partial charge in [-0.15, -0.1) is 11.3 Å². The van der Waals surface area contributed by atoms with Crippen molar-refractivity contribution in [2.45, 2.75) is 39.2 Å². The zero-order chi connectivity index (χ0) is 10.9. The number of thiophene rings is 1. The average Bonchev–Trinajstić information content (AvgIpc) is 2.81. The maximum Gasteiger partial charge on any atom is 0.0931 e. The summed E-state index contributed by atoms with van der Waals surface area (Å²) in [4.78, 5) is 1.38. The molecule has 1 saturated carbocycles. The van der Waals surface area contributed by atoms with E-state index in [9.17, 15) is 0 Å². The van der Waals surface area contributed by atoms with Crippen LogP contribution in [0.3, 0.4) is 0 Å². The minimum Gasteiger partial charge on any atom is -0.313 e. The van der Waals surface area contributed by atoms with Crippen LogP contribution in [0.25, 0.3) is 0 Å². The molecule has 2 rings (SSSR count). The van der Waals surface area contributed by atoms with E-state index in [0.29, 0.717) is 11.5 Å². The first kappa shape index (κ1) is 11.4. The molecule has 1 N–H and O–H groups in total. The molecule has 1 heterocycles. The van der Waals surface area contributed by atoms with E-state index in [1.54, 1.807) is 11.3 Å². The number of hydrogen-bond acceptors (Lipinski definition) is 2. The lowest BCUT2D eigenvalue weighted by molar-refractivity contribution is 0.384. The van der Waals surface area contributed by atoms with E-state index in [1.807, 2.05) is 6.07 Å². The molecule has 1 atom stereocenters. The van der Waals surface area contributed by atoms with Gasteiger partial charge in [-0.25, -0.2) is 0 Å². The second kappa shape index (κ2) is 4.44. The molecule has 0 aromatic carbocycles. The molecule has 0 spiro atoms. The van der Waals surface area contributed by atoms with Gasteiger partial charge in [-0.05, 0) is 43.7 Å². The third-order valence-corrected chi connectivity index (χ3v) is 4.83. The second-order valence-corrected chi connectivity index (χ2v) is 6.59. The average molecular weight is 244 g/mol. The van der Waals surface area contributed by atoms with Gasteiger partial charge >= 0.3 is 0 Å². The smallest absolute Gasteiger partial charge is 0.0931 e. The summed E-state index contributed by atoms with van der Waals surface area (Å²) >= 11 is 7.57. The van der Waals surface area contributed by atoms with Gasteiger partial charge in [0.25, 0.3) is 0 Å². The molecule has 1 unspecified atom stereocenters. The van der Waals surface area contributed by atoms with Gasteiger partial charge in [0.2, 0.25) is 0 Å². The van der Waals surface area contributed by atoms with Crippen molar-refractivity contribution in [3.05, 3.63) is 21.3 Å². The van der Waals surface area contributed by atoms with Crippen LogP contribution in [0.1, 0.15) is 31.6 Å². The third kappa shape index (κ3) is 2.96. The third-order valence-electron chi connectivity index (χ3n) is 3.53. The Morgan fingerprint density at radius 1 is 1.53 bits per heavy atom. The van der Waals surface area contributed by atoms with Gasteiger partial charge in [-0.1, -0.05) is 18.5 Å². The van der Waals surface area contributed by atoms with Gasteiger partial charge in [0, 0.05) is 17.5 Å². The predicted molar refractivity (Wildman–Crippen MR) is 67.8 cm³/mol. The SMILES string of the molecule is CC(NCCc1ccc(Cl)s1)C1(C)CC1. The van der Waals surface area contributed by atoms with Crippen molar-refractivity contribution >= 4 is 22.9 Å². The number of halogens is 1. The van der Waals surface area contributed by atoms with Gasteiger partial charge in [-0.2, -0.15) is 0 Å². The fourth-order valence-corrected chi connectivity index (χ4v) is 2.86. The minimum atomic E-state index is 0.576. The lowest BCUT2D eigenvalue weighted by Gasteiger charge is -2.20.